The second kappa shape index (κ2) is 6.52. The minimum Gasteiger partial charge on any atom is -0.345 e. The molecule has 0 radical (unpaired) electrons. The Morgan fingerprint density at radius 1 is 1.22 bits per heavy atom. The molecule has 0 aliphatic heterocycles. The van der Waals surface area contributed by atoms with Gasteiger partial charge in [-0.05, 0) is 68.6 Å². The molecule has 1 aromatic rings. The summed E-state index contributed by atoms with van der Waals surface area (Å²) in [5.41, 5.74) is 1.33. The molecular formula is C18H23ClN2O2. The molecule has 0 spiro atoms. The molecule has 124 valence electrons. The highest BCUT2D eigenvalue weighted by Crippen LogP contribution is 2.49. The van der Waals surface area contributed by atoms with Crippen LogP contribution in [0.25, 0.3) is 0 Å². The lowest BCUT2D eigenvalue weighted by Gasteiger charge is -2.28. The predicted molar refractivity (Wildman–Crippen MR) is 91.4 cm³/mol. The predicted octanol–water partition coefficient (Wildman–Crippen LogP) is 3.53. The van der Waals surface area contributed by atoms with Crippen LogP contribution < -0.4 is 10.6 Å². The van der Waals surface area contributed by atoms with E-state index in [1.807, 2.05) is 13.8 Å². The Morgan fingerprint density at radius 2 is 2.00 bits per heavy atom. The number of anilines is 1. The Hall–Kier alpha value is -1.55. The lowest BCUT2D eigenvalue weighted by molar-refractivity contribution is -0.136. The Labute approximate surface area is 142 Å². The molecule has 1 aromatic carbocycles. The van der Waals surface area contributed by atoms with Crippen LogP contribution in [0.1, 0.15) is 38.2 Å². The molecule has 4 nitrogen and oxygen atoms in total. The van der Waals surface area contributed by atoms with Crippen molar-refractivity contribution in [2.24, 2.45) is 17.8 Å². The minimum atomic E-state index is -0.634. The average molecular weight is 335 g/mol. The van der Waals surface area contributed by atoms with Crippen molar-refractivity contribution >= 4 is 29.1 Å². The summed E-state index contributed by atoms with van der Waals surface area (Å²) in [6.07, 6.45) is 5.07. The molecule has 5 heteroatoms. The van der Waals surface area contributed by atoms with Gasteiger partial charge in [0.2, 0.25) is 0 Å². The molecule has 23 heavy (non-hydrogen) atoms. The highest BCUT2D eigenvalue weighted by molar-refractivity contribution is 6.40. The molecule has 0 heterocycles. The molecular weight excluding hydrogens is 312 g/mol. The molecule has 2 amide bonds. The standard InChI is InChI=1S/C18H23ClN2O2/c1-10-15(19)4-3-5-16(10)21-18(23)17(22)20-11(2)14-9-12-6-7-13(14)8-12/h3-5,11-14H,6-9H2,1-2H3,(H,20,22)(H,21,23). The second-order valence-corrected chi connectivity index (χ2v) is 7.37. The van der Waals surface area contributed by atoms with Crippen molar-refractivity contribution < 1.29 is 9.59 Å². The third-order valence-electron chi connectivity index (χ3n) is 5.52. The summed E-state index contributed by atoms with van der Waals surface area (Å²) in [5, 5.41) is 6.09. The van der Waals surface area contributed by atoms with Gasteiger partial charge in [0.1, 0.15) is 0 Å². The normalized spacial score (nSPS) is 26.8. The Morgan fingerprint density at radius 3 is 2.65 bits per heavy atom. The summed E-state index contributed by atoms with van der Waals surface area (Å²) < 4.78 is 0. The van der Waals surface area contributed by atoms with Gasteiger partial charge in [0.05, 0.1) is 0 Å². The first-order chi connectivity index (χ1) is 11.0. The quantitative estimate of drug-likeness (QED) is 0.831. The van der Waals surface area contributed by atoms with Crippen LogP contribution in [0.2, 0.25) is 5.02 Å². The van der Waals surface area contributed by atoms with E-state index in [1.165, 1.54) is 25.7 Å². The van der Waals surface area contributed by atoms with Crippen molar-refractivity contribution in [1.82, 2.24) is 5.32 Å². The third kappa shape index (κ3) is 3.37. The van der Waals surface area contributed by atoms with Crippen LogP contribution in [0.15, 0.2) is 18.2 Å². The smallest absolute Gasteiger partial charge is 0.313 e. The molecule has 2 fully saturated rings. The maximum atomic E-state index is 12.2. The van der Waals surface area contributed by atoms with Crippen molar-refractivity contribution in [3.63, 3.8) is 0 Å². The van der Waals surface area contributed by atoms with Crippen LogP contribution in [0.5, 0.6) is 0 Å². The molecule has 2 N–H and O–H groups in total. The second-order valence-electron chi connectivity index (χ2n) is 6.97. The number of carbonyl (C=O) groups excluding carboxylic acids is 2. The molecule has 2 aliphatic carbocycles. The summed E-state index contributed by atoms with van der Waals surface area (Å²) in [4.78, 5) is 24.3. The topological polar surface area (TPSA) is 58.2 Å². The maximum Gasteiger partial charge on any atom is 0.313 e. The van der Waals surface area contributed by atoms with E-state index in [9.17, 15) is 9.59 Å². The van der Waals surface area contributed by atoms with Gasteiger partial charge in [-0.3, -0.25) is 9.59 Å². The minimum absolute atomic E-state index is 0.0454. The van der Waals surface area contributed by atoms with Gasteiger partial charge in [0, 0.05) is 16.8 Å². The first kappa shape index (κ1) is 16.3. The Kier molecular flexibility index (Phi) is 4.62. The van der Waals surface area contributed by atoms with E-state index >= 15 is 0 Å². The fourth-order valence-corrected chi connectivity index (χ4v) is 4.38. The number of hydrogen-bond acceptors (Lipinski definition) is 2. The molecule has 3 rings (SSSR count). The van der Waals surface area contributed by atoms with Gasteiger partial charge in [-0.1, -0.05) is 24.1 Å². The fraction of sp³-hybridized carbons (Fsp3) is 0.556. The number of rotatable bonds is 3. The molecule has 2 saturated carbocycles. The zero-order valence-electron chi connectivity index (χ0n) is 13.6. The lowest BCUT2D eigenvalue weighted by Crippen LogP contribution is -2.45. The number of halogens is 1. The highest BCUT2D eigenvalue weighted by atomic mass is 35.5. The van der Waals surface area contributed by atoms with E-state index in [2.05, 4.69) is 10.6 Å². The van der Waals surface area contributed by atoms with Gasteiger partial charge in [0.15, 0.2) is 0 Å². The number of fused-ring (bicyclic) bond motifs is 2. The van der Waals surface area contributed by atoms with E-state index in [4.69, 9.17) is 11.6 Å². The number of nitrogens with one attached hydrogen (secondary N) is 2. The fourth-order valence-electron chi connectivity index (χ4n) is 4.21. The van der Waals surface area contributed by atoms with E-state index in [0.29, 0.717) is 22.5 Å². The van der Waals surface area contributed by atoms with Crippen LogP contribution in [0.4, 0.5) is 5.69 Å². The monoisotopic (exact) mass is 334 g/mol. The number of hydrogen-bond donors (Lipinski definition) is 2. The Balaban J connectivity index is 1.57. The number of benzene rings is 1. The van der Waals surface area contributed by atoms with Crippen LogP contribution in [0.3, 0.4) is 0 Å². The van der Waals surface area contributed by atoms with E-state index in [1.54, 1.807) is 18.2 Å². The van der Waals surface area contributed by atoms with Crippen molar-refractivity contribution in [2.45, 2.75) is 45.6 Å². The zero-order valence-corrected chi connectivity index (χ0v) is 14.3. The molecule has 4 atom stereocenters. The average Bonchev–Trinajstić information content (AvgIpc) is 3.14. The van der Waals surface area contributed by atoms with Crippen molar-refractivity contribution in [2.75, 3.05) is 5.32 Å². The van der Waals surface area contributed by atoms with Crippen molar-refractivity contribution in [3.05, 3.63) is 28.8 Å². The van der Waals surface area contributed by atoms with Crippen molar-refractivity contribution in [3.8, 4) is 0 Å². The molecule has 4 unspecified atom stereocenters. The molecule has 2 bridgehead atoms. The SMILES string of the molecule is Cc1c(Cl)cccc1NC(=O)C(=O)NC(C)C1CC2CCC1C2. The lowest BCUT2D eigenvalue weighted by atomic mass is 9.84. The Bertz CT molecular complexity index is 631. The molecule has 0 aromatic heterocycles. The molecule has 0 saturated heterocycles. The van der Waals surface area contributed by atoms with Gasteiger partial charge in [-0.15, -0.1) is 0 Å². The van der Waals surface area contributed by atoms with E-state index in [0.717, 1.165) is 11.5 Å². The van der Waals surface area contributed by atoms with Crippen LogP contribution in [0, 0.1) is 24.7 Å². The number of carbonyl (C=O) groups is 2. The maximum absolute atomic E-state index is 12.2. The van der Waals surface area contributed by atoms with Crippen LogP contribution in [-0.2, 0) is 9.59 Å². The van der Waals surface area contributed by atoms with Gasteiger partial charge in [-0.2, -0.15) is 0 Å². The number of amides is 2. The first-order valence-corrected chi connectivity index (χ1v) is 8.70. The summed E-state index contributed by atoms with van der Waals surface area (Å²) >= 11 is 6.03. The van der Waals surface area contributed by atoms with Gasteiger partial charge in [-0.25, -0.2) is 0 Å². The third-order valence-corrected chi connectivity index (χ3v) is 5.93. The summed E-state index contributed by atoms with van der Waals surface area (Å²) in [5.74, 6) is 0.851. The van der Waals surface area contributed by atoms with Crippen LogP contribution >= 0.6 is 11.6 Å². The first-order valence-electron chi connectivity index (χ1n) is 8.32. The summed E-state index contributed by atoms with van der Waals surface area (Å²) in [6.45, 7) is 3.83. The van der Waals surface area contributed by atoms with Gasteiger partial charge >= 0.3 is 11.8 Å². The molecule has 2 aliphatic rings. The highest BCUT2D eigenvalue weighted by Gasteiger charge is 2.42. The zero-order chi connectivity index (χ0) is 16.6. The van der Waals surface area contributed by atoms with E-state index < -0.39 is 11.8 Å². The van der Waals surface area contributed by atoms with Crippen molar-refractivity contribution in [1.29, 1.82) is 0 Å². The van der Waals surface area contributed by atoms with Gasteiger partial charge in [0.25, 0.3) is 0 Å². The van der Waals surface area contributed by atoms with Crippen LogP contribution in [-0.4, -0.2) is 17.9 Å². The van der Waals surface area contributed by atoms with E-state index in [-0.39, 0.29) is 6.04 Å². The largest absolute Gasteiger partial charge is 0.345 e. The summed E-state index contributed by atoms with van der Waals surface area (Å²) in [6, 6.07) is 5.29. The van der Waals surface area contributed by atoms with Gasteiger partial charge < -0.3 is 10.6 Å². The summed E-state index contributed by atoms with van der Waals surface area (Å²) in [7, 11) is 0.